The second-order valence-corrected chi connectivity index (χ2v) is 4.17. The van der Waals surface area contributed by atoms with Crippen molar-refractivity contribution >= 4 is 34.4 Å². The summed E-state index contributed by atoms with van der Waals surface area (Å²) in [7, 11) is 0. The van der Waals surface area contributed by atoms with Gasteiger partial charge in [-0.05, 0) is 24.1 Å². The maximum Gasteiger partial charge on any atom is 0.407 e. The number of aryl methyl sites for hydroxylation is 1. The average molecular weight is 293 g/mol. The summed E-state index contributed by atoms with van der Waals surface area (Å²) in [6.45, 7) is 2.43. The molecule has 1 aliphatic rings. The van der Waals surface area contributed by atoms with Crippen LogP contribution in [0.5, 0.6) is 0 Å². The maximum absolute atomic E-state index is 10.9. The zero-order chi connectivity index (χ0) is 10.1. The van der Waals surface area contributed by atoms with Crippen LogP contribution in [0.15, 0.2) is 22.7 Å². The summed E-state index contributed by atoms with van der Waals surface area (Å²) in [6, 6.07) is 6.01. The van der Waals surface area contributed by atoms with E-state index >= 15 is 0 Å². The van der Waals surface area contributed by atoms with Crippen molar-refractivity contribution in [1.82, 2.24) is 5.32 Å². The van der Waals surface area contributed by atoms with E-state index < -0.39 is 0 Å². The Labute approximate surface area is 103 Å². The third-order valence-electron chi connectivity index (χ3n) is 2.20. The molecule has 1 N–H and O–H groups in total. The highest BCUT2D eigenvalue weighted by Gasteiger charge is 2.25. The largest absolute Gasteiger partial charge is 0.447 e. The minimum atomic E-state index is -0.345. The van der Waals surface area contributed by atoms with Gasteiger partial charge in [0.1, 0.15) is 6.61 Å². The van der Waals surface area contributed by atoms with Crippen LogP contribution in [0.25, 0.3) is 0 Å². The standard InChI is InChI=1S/C10H10BrNO2.ClH/c1-6-2-3-7(8(11)4-6)9-5-14-10(13)12-9;/h2-4,9H,5H2,1H3,(H,12,13);1H/t9-;/m0./s1. The zero-order valence-corrected chi connectivity index (χ0v) is 10.5. The van der Waals surface area contributed by atoms with E-state index in [1.54, 1.807) is 0 Å². The average Bonchev–Trinajstić information content (AvgIpc) is 2.51. The molecule has 0 aliphatic carbocycles. The van der Waals surface area contributed by atoms with Crippen LogP contribution in [-0.2, 0) is 4.74 Å². The van der Waals surface area contributed by atoms with Crippen LogP contribution < -0.4 is 5.32 Å². The molecule has 15 heavy (non-hydrogen) atoms. The van der Waals surface area contributed by atoms with Crippen LogP contribution in [0.3, 0.4) is 0 Å². The second kappa shape index (κ2) is 4.86. The molecule has 2 rings (SSSR count). The number of carbonyl (C=O) groups is 1. The van der Waals surface area contributed by atoms with Crippen molar-refractivity contribution in [3.05, 3.63) is 33.8 Å². The normalized spacial score (nSPS) is 19.1. The highest BCUT2D eigenvalue weighted by molar-refractivity contribution is 9.10. The third-order valence-corrected chi connectivity index (χ3v) is 2.89. The lowest BCUT2D eigenvalue weighted by Crippen LogP contribution is -2.18. The van der Waals surface area contributed by atoms with Gasteiger partial charge in [-0.15, -0.1) is 12.4 Å². The van der Waals surface area contributed by atoms with Crippen molar-refractivity contribution in [3.63, 3.8) is 0 Å². The molecule has 0 saturated carbocycles. The quantitative estimate of drug-likeness (QED) is 0.864. The first-order valence-corrected chi connectivity index (χ1v) is 5.15. The van der Waals surface area contributed by atoms with Gasteiger partial charge in [0.05, 0.1) is 6.04 Å². The van der Waals surface area contributed by atoms with Gasteiger partial charge in [0, 0.05) is 4.47 Å². The fraction of sp³-hybridized carbons (Fsp3) is 0.300. The molecule has 1 aliphatic heterocycles. The minimum Gasteiger partial charge on any atom is -0.447 e. The maximum atomic E-state index is 10.9. The van der Waals surface area contributed by atoms with Crippen LogP contribution in [0, 0.1) is 6.92 Å². The topological polar surface area (TPSA) is 38.3 Å². The lowest BCUT2D eigenvalue weighted by molar-refractivity contribution is 0.177. The molecule has 0 spiro atoms. The van der Waals surface area contributed by atoms with Gasteiger partial charge in [-0.1, -0.05) is 28.1 Å². The number of hydrogen-bond donors (Lipinski definition) is 1. The number of benzene rings is 1. The van der Waals surface area contributed by atoms with Gasteiger partial charge in [0.25, 0.3) is 0 Å². The van der Waals surface area contributed by atoms with Crippen molar-refractivity contribution in [2.45, 2.75) is 13.0 Å². The number of amides is 1. The van der Waals surface area contributed by atoms with E-state index in [1.165, 1.54) is 5.56 Å². The third kappa shape index (κ3) is 2.63. The van der Waals surface area contributed by atoms with Gasteiger partial charge in [0.2, 0.25) is 0 Å². The van der Waals surface area contributed by atoms with Crippen LogP contribution >= 0.6 is 28.3 Å². The van der Waals surface area contributed by atoms with Gasteiger partial charge in [-0.3, -0.25) is 0 Å². The number of alkyl carbamates (subject to hydrolysis) is 1. The van der Waals surface area contributed by atoms with Crippen molar-refractivity contribution in [2.75, 3.05) is 6.61 Å². The SMILES string of the molecule is Cc1ccc([C@@H]2COC(=O)N2)c(Br)c1.Cl. The predicted molar refractivity (Wildman–Crippen MR) is 63.4 cm³/mol. The Kier molecular flexibility index (Phi) is 3.99. The van der Waals surface area contributed by atoms with Crippen LogP contribution in [-0.4, -0.2) is 12.7 Å². The van der Waals surface area contributed by atoms with Crippen molar-refractivity contribution in [3.8, 4) is 0 Å². The molecular weight excluding hydrogens is 281 g/mol. The Hall–Kier alpha value is -0.740. The van der Waals surface area contributed by atoms with Gasteiger partial charge < -0.3 is 10.1 Å². The molecule has 1 aromatic carbocycles. The van der Waals surface area contributed by atoms with Crippen LogP contribution in [0.1, 0.15) is 17.2 Å². The molecule has 0 aromatic heterocycles. The Morgan fingerprint density at radius 2 is 2.27 bits per heavy atom. The van der Waals surface area contributed by atoms with Gasteiger partial charge in [-0.25, -0.2) is 4.79 Å². The molecule has 1 atom stereocenters. The van der Waals surface area contributed by atoms with Crippen molar-refractivity contribution in [2.24, 2.45) is 0 Å². The first kappa shape index (κ1) is 12.3. The molecule has 1 saturated heterocycles. The van der Waals surface area contributed by atoms with E-state index in [2.05, 4.69) is 21.2 Å². The highest BCUT2D eigenvalue weighted by atomic mass is 79.9. The minimum absolute atomic E-state index is 0. The summed E-state index contributed by atoms with van der Waals surface area (Å²) in [5.74, 6) is 0. The zero-order valence-electron chi connectivity index (χ0n) is 8.12. The number of nitrogens with one attached hydrogen (secondary N) is 1. The molecule has 1 heterocycles. The first-order chi connectivity index (χ1) is 6.66. The molecule has 5 heteroatoms. The summed E-state index contributed by atoms with van der Waals surface area (Å²) < 4.78 is 5.84. The molecular formula is C10H11BrClNO2. The number of rotatable bonds is 1. The second-order valence-electron chi connectivity index (χ2n) is 3.32. The van der Waals surface area contributed by atoms with Gasteiger partial charge in [-0.2, -0.15) is 0 Å². The van der Waals surface area contributed by atoms with E-state index in [4.69, 9.17) is 4.74 Å². The number of ether oxygens (including phenoxy) is 1. The monoisotopic (exact) mass is 291 g/mol. The molecule has 3 nitrogen and oxygen atoms in total. The number of cyclic esters (lactones) is 1. The summed E-state index contributed by atoms with van der Waals surface area (Å²) in [5, 5.41) is 2.74. The van der Waals surface area contributed by atoms with Crippen molar-refractivity contribution < 1.29 is 9.53 Å². The fourth-order valence-corrected chi connectivity index (χ4v) is 2.24. The van der Waals surface area contributed by atoms with E-state index in [0.29, 0.717) is 6.61 Å². The number of carbonyl (C=O) groups excluding carboxylic acids is 1. The van der Waals surface area contributed by atoms with Gasteiger partial charge in [0.15, 0.2) is 0 Å². The lowest BCUT2D eigenvalue weighted by atomic mass is 10.1. The van der Waals surface area contributed by atoms with E-state index in [9.17, 15) is 4.79 Å². The summed E-state index contributed by atoms with van der Waals surface area (Å²) in [4.78, 5) is 10.9. The van der Waals surface area contributed by atoms with E-state index in [1.807, 2.05) is 25.1 Å². The highest BCUT2D eigenvalue weighted by Crippen LogP contribution is 2.26. The fourth-order valence-electron chi connectivity index (χ4n) is 1.47. The summed E-state index contributed by atoms with van der Waals surface area (Å²) in [5.41, 5.74) is 2.24. The smallest absolute Gasteiger partial charge is 0.407 e. The first-order valence-electron chi connectivity index (χ1n) is 4.36. The number of halogens is 2. The number of hydrogen-bond acceptors (Lipinski definition) is 2. The predicted octanol–water partition coefficient (Wildman–Crippen LogP) is 2.96. The Balaban J connectivity index is 0.00000112. The van der Waals surface area contributed by atoms with Crippen molar-refractivity contribution in [1.29, 1.82) is 0 Å². The summed E-state index contributed by atoms with van der Waals surface area (Å²) in [6.07, 6.45) is -0.345. The van der Waals surface area contributed by atoms with E-state index in [-0.39, 0.29) is 24.5 Å². The Morgan fingerprint density at radius 3 is 2.80 bits per heavy atom. The van der Waals surface area contributed by atoms with Crippen LogP contribution in [0.4, 0.5) is 4.79 Å². The molecule has 1 aromatic rings. The molecule has 0 bridgehead atoms. The molecule has 1 amide bonds. The van der Waals surface area contributed by atoms with Crippen LogP contribution in [0.2, 0.25) is 0 Å². The summed E-state index contributed by atoms with van der Waals surface area (Å²) >= 11 is 3.47. The Bertz CT molecular complexity index is 384. The van der Waals surface area contributed by atoms with E-state index in [0.717, 1.165) is 10.0 Å². The lowest BCUT2D eigenvalue weighted by Gasteiger charge is -2.10. The molecule has 82 valence electrons. The molecule has 0 unspecified atom stereocenters. The molecule has 0 radical (unpaired) electrons. The molecule has 1 fully saturated rings. The Morgan fingerprint density at radius 1 is 1.53 bits per heavy atom. The van der Waals surface area contributed by atoms with Gasteiger partial charge >= 0.3 is 6.09 Å².